The molecule has 26 heavy (non-hydrogen) atoms. The number of carbonyl (C=O) groups excluding carboxylic acids is 1. The Bertz CT molecular complexity index is 904. The van der Waals surface area contributed by atoms with Gasteiger partial charge >= 0.3 is 0 Å². The van der Waals surface area contributed by atoms with E-state index in [1.54, 1.807) is 18.0 Å². The van der Waals surface area contributed by atoms with Crippen molar-refractivity contribution in [3.8, 4) is 11.4 Å². The van der Waals surface area contributed by atoms with Crippen LogP contribution in [0.4, 0.5) is 5.69 Å². The highest BCUT2D eigenvalue weighted by molar-refractivity contribution is 7.99. The normalized spacial score (nSPS) is 10.9. The third-order valence-electron chi connectivity index (χ3n) is 3.85. The molecule has 1 N–H and O–H groups in total. The molecule has 0 saturated carbocycles. The molecule has 0 atom stereocenters. The molecule has 0 unspecified atom stereocenters. The molecule has 2 heterocycles. The molecular weight excluding hydrogens is 368 g/mol. The largest absolute Gasteiger partial charge is 0.469 e. The van der Waals surface area contributed by atoms with E-state index >= 15 is 0 Å². The van der Waals surface area contributed by atoms with E-state index in [1.165, 1.54) is 11.8 Å². The van der Waals surface area contributed by atoms with E-state index in [0.717, 1.165) is 32.9 Å². The van der Waals surface area contributed by atoms with Crippen LogP contribution in [0.15, 0.2) is 51.1 Å². The number of aryl methyl sites for hydroxylation is 1. The van der Waals surface area contributed by atoms with Crippen LogP contribution in [0.3, 0.4) is 0 Å². The zero-order chi connectivity index (χ0) is 18.5. The van der Waals surface area contributed by atoms with Gasteiger partial charge in [0, 0.05) is 11.4 Å². The fourth-order valence-corrected chi connectivity index (χ4v) is 3.92. The molecule has 0 bridgehead atoms. The molecular formula is C18H20N4O2S2. The SMILES string of the molecule is CCn1c(SCC(=O)Nc2ccccc2SC)nnc1-c1ccoc1C. The van der Waals surface area contributed by atoms with Crippen LogP contribution in [0.25, 0.3) is 11.4 Å². The van der Waals surface area contributed by atoms with Crippen molar-refractivity contribution in [3.05, 3.63) is 42.4 Å². The van der Waals surface area contributed by atoms with Crippen molar-refractivity contribution in [3.63, 3.8) is 0 Å². The maximum absolute atomic E-state index is 12.3. The predicted octanol–water partition coefficient (Wildman–Crippen LogP) is 4.32. The van der Waals surface area contributed by atoms with Gasteiger partial charge in [-0.3, -0.25) is 4.79 Å². The highest BCUT2D eigenvalue weighted by Gasteiger charge is 2.17. The van der Waals surface area contributed by atoms with Crippen LogP contribution in [0, 0.1) is 6.92 Å². The molecule has 0 saturated heterocycles. The first-order chi connectivity index (χ1) is 12.6. The van der Waals surface area contributed by atoms with E-state index in [4.69, 9.17) is 4.42 Å². The lowest BCUT2D eigenvalue weighted by atomic mass is 10.2. The summed E-state index contributed by atoms with van der Waals surface area (Å²) in [6.45, 7) is 4.64. The molecule has 0 aliphatic rings. The minimum absolute atomic E-state index is 0.0665. The van der Waals surface area contributed by atoms with E-state index < -0.39 is 0 Å². The topological polar surface area (TPSA) is 73.0 Å². The van der Waals surface area contributed by atoms with Gasteiger partial charge in [0.25, 0.3) is 0 Å². The Morgan fingerprint density at radius 1 is 1.27 bits per heavy atom. The van der Waals surface area contributed by atoms with Gasteiger partial charge in [-0.15, -0.1) is 22.0 Å². The van der Waals surface area contributed by atoms with Gasteiger partial charge in [0.15, 0.2) is 11.0 Å². The van der Waals surface area contributed by atoms with E-state index in [0.29, 0.717) is 6.54 Å². The summed E-state index contributed by atoms with van der Waals surface area (Å²) in [4.78, 5) is 13.4. The number of nitrogens with zero attached hydrogens (tertiary/aromatic N) is 3. The third-order valence-corrected chi connectivity index (χ3v) is 5.61. The number of anilines is 1. The van der Waals surface area contributed by atoms with Crippen LogP contribution in [0.2, 0.25) is 0 Å². The quantitative estimate of drug-likeness (QED) is 0.608. The number of benzene rings is 1. The summed E-state index contributed by atoms with van der Waals surface area (Å²) in [6.07, 6.45) is 3.63. The summed E-state index contributed by atoms with van der Waals surface area (Å²) in [6, 6.07) is 9.64. The van der Waals surface area contributed by atoms with Gasteiger partial charge in [-0.2, -0.15) is 0 Å². The predicted molar refractivity (Wildman–Crippen MR) is 106 cm³/mol. The number of rotatable bonds is 7. The van der Waals surface area contributed by atoms with Crippen LogP contribution in [-0.4, -0.2) is 32.7 Å². The minimum Gasteiger partial charge on any atom is -0.469 e. The van der Waals surface area contributed by atoms with Crippen molar-refractivity contribution in [1.29, 1.82) is 0 Å². The lowest BCUT2D eigenvalue weighted by Gasteiger charge is -2.09. The lowest BCUT2D eigenvalue weighted by Crippen LogP contribution is -2.15. The second kappa shape index (κ2) is 8.46. The fraction of sp³-hybridized carbons (Fsp3) is 0.278. The Labute approximate surface area is 160 Å². The minimum atomic E-state index is -0.0665. The first kappa shape index (κ1) is 18.6. The molecule has 1 aromatic carbocycles. The molecule has 0 spiro atoms. The summed E-state index contributed by atoms with van der Waals surface area (Å²) in [5.41, 5.74) is 1.75. The number of nitrogens with one attached hydrogen (secondary N) is 1. The molecule has 3 rings (SSSR count). The van der Waals surface area contributed by atoms with E-state index in [2.05, 4.69) is 15.5 Å². The number of aromatic nitrogens is 3. The summed E-state index contributed by atoms with van der Waals surface area (Å²) >= 11 is 2.98. The Morgan fingerprint density at radius 2 is 2.08 bits per heavy atom. The van der Waals surface area contributed by atoms with Gasteiger partial charge in [0.2, 0.25) is 5.91 Å². The maximum atomic E-state index is 12.3. The molecule has 3 aromatic rings. The zero-order valence-corrected chi connectivity index (χ0v) is 16.5. The second-order valence-electron chi connectivity index (χ2n) is 5.48. The van der Waals surface area contributed by atoms with Gasteiger partial charge < -0.3 is 14.3 Å². The van der Waals surface area contributed by atoms with Crippen molar-refractivity contribution in [2.24, 2.45) is 0 Å². The number of para-hydroxylation sites is 1. The summed E-state index contributed by atoms with van der Waals surface area (Å²) in [7, 11) is 0. The average Bonchev–Trinajstić information content (AvgIpc) is 3.25. The highest BCUT2D eigenvalue weighted by Crippen LogP contribution is 2.28. The van der Waals surface area contributed by atoms with E-state index in [1.807, 2.05) is 55.0 Å². The van der Waals surface area contributed by atoms with Gasteiger partial charge in [-0.05, 0) is 38.3 Å². The Morgan fingerprint density at radius 3 is 2.77 bits per heavy atom. The Hall–Kier alpha value is -2.19. The van der Waals surface area contributed by atoms with Crippen molar-refractivity contribution in [2.75, 3.05) is 17.3 Å². The Kier molecular flexibility index (Phi) is 6.05. The molecule has 2 aromatic heterocycles. The number of thioether (sulfide) groups is 2. The van der Waals surface area contributed by atoms with Crippen LogP contribution in [-0.2, 0) is 11.3 Å². The zero-order valence-electron chi connectivity index (χ0n) is 14.9. The third kappa shape index (κ3) is 3.96. The number of carbonyl (C=O) groups is 1. The molecule has 136 valence electrons. The highest BCUT2D eigenvalue weighted by atomic mass is 32.2. The summed E-state index contributed by atoms with van der Waals surface area (Å²) in [5.74, 6) is 1.76. The molecule has 0 fully saturated rings. The molecule has 6 nitrogen and oxygen atoms in total. The van der Waals surface area contributed by atoms with Crippen molar-refractivity contribution < 1.29 is 9.21 Å². The number of hydrogen-bond acceptors (Lipinski definition) is 6. The van der Waals surface area contributed by atoms with Crippen molar-refractivity contribution in [2.45, 2.75) is 30.4 Å². The van der Waals surface area contributed by atoms with Gasteiger partial charge in [-0.25, -0.2) is 0 Å². The molecule has 1 amide bonds. The van der Waals surface area contributed by atoms with Gasteiger partial charge in [0.1, 0.15) is 5.76 Å². The number of amides is 1. The Balaban J connectivity index is 1.69. The monoisotopic (exact) mass is 388 g/mol. The van der Waals surface area contributed by atoms with Crippen molar-refractivity contribution >= 4 is 35.1 Å². The number of hydrogen-bond donors (Lipinski definition) is 1. The first-order valence-electron chi connectivity index (χ1n) is 8.17. The standard InChI is InChI=1S/C18H20N4O2S2/c1-4-22-17(13-9-10-24-12(13)2)20-21-18(22)26-11-16(23)19-14-7-5-6-8-15(14)25-3/h5-10H,4,11H2,1-3H3,(H,19,23). The average molecular weight is 389 g/mol. The number of furan rings is 1. The molecule has 8 heteroatoms. The van der Waals surface area contributed by atoms with Crippen LogP contribution >= 0.6 is 23.5 Å². The smallest absolute Gasteiger partial charge is 0.234 e. The maximum Gasteiger partial charge on any atom is 0.234 e. The van der Waals surface area contributed by atoms with Crippen LogP contribution in [0.1, 0.15) is 12.7 Å². The van der Waals surface area contributed by atoms with Crippen molar-refractivity contribution in [1.82, 2.24) is 14.8 Å². The molecule has 0 radical (unpaired) electrons. The fourth-order valence-electron chi connectivity index (χ4n) is 2.56. The van der Waals surface area contributed by atoms with Gasteiger partial charge in [0.05, 0.1) is 23.3 Å². The lowest BCUT2D eigenvalue weighted by molar-refractivity contribution is -0.113. The van der Waals surface area contributed by atoms with E-state index in [-0.39, 0.29) is 11.7 Å². The first-order valence-corrected chi connectivity index (χ1v) is 10.4. The summed E-state index contributed by atoms with van der Waals surface area (Å²) < 4.78 is 7.35. The van der Waals surface area contributed by atoms with Crippen LogP contribution < -0.4 is 5.32 Å². The van der Waals surface area contributed by atoms with Crippen LogP contribution in [0.5, 0.6) is 0 Å². The van der Waals surface area contributed by atoms with E-state index in [9.17, 15) is 4.79 Å². The summed E-state index contributed by atoms with van der Waals surface area (Å²) in [5, 5.41) is 12.2. The second-order valence-corrected chi connectivity index (χ2v) is 7.27. The van der Waals surface area contributed by atoms with Gasteiger partial charge in [-0.1, -0.05) is 23.9 Å². The molecule has 0 aliphatic carbocycles. The molecule has 0 aliphatic heterocycles.